The van der Waals surface area contributed by atoms with Gasteiger partial charge in [-0.3, -0.25) is 0 Å². The topological polar surface area (TPSA) is 83.1 Å². The molecule has 0 aromatic heterocycles. The van der Waals surface area contributed by atoms with Crippen LogP contribution in [0.2, 0.25) is 0 Å². The summed E-state index contributed by atoms with van der Waals surface area (Å²) in [7, 11) is 2.59. The Morgan fingerprint density at radius 3 is 2.28 bits per heavy atom. The SMILES string of the molecule is COOCC[C@H](NC(=O)OC(C)(C)C)C(=O)OC. The van der Waals surface area contributed by atoms with Crippen molar-refractivity contribution < 1.29 is 28.8 Å². The average Bonchev–Trinajstić information content (AvgIpc) is 2.24. The summed E-state index contributed by atoms with van der Waals surface area (Å²) in [5.41, 5.74) is -0.631. The molecule has 1 N–H and O–H groups in total. The summed E-state index contributed by atoms with van der Waals surface area (Å²) in [6, 6.07) is -0.833. The molecule has 0 radical (unpaired) electrons. The molecule has 106 valence electrons. The van der Waals surface area contributed by atoms with Crippen LogP contribution in [-0.4, -0.2) is 44.5 Å². The Hall–Kier alpha value is -1.34. The molecule has 0 heterocycles. The zero-order valence-electron chi connectivity index (χ0n) is 11.4. The molecule has 7 heteroatoms. The smallest absolute Gasteiger partial charge is 0.408 e. The maximum atomic E-state index is 11.5. The number of methoxy groups -OCH3 is 1. The summed E-state index contributed by atoms with van der Waals surface area (Å²) in [5.74, 6) is -0.569. The van der Waals surface area contributed by atoms with Crippen LogP contribution >= 0.6 is 0 Å². The van der Waals surface area contributed by atoms with Gasteiger partial charge in [0.2, 0.25) is 0 Å². The Morgan fingerprint density at radius 2 is 1.83 bits per heavy atom. The van der Waals surface area contributed by atoms with Gasteiger partial charge in [0.05, 0.1) is 20.8 Å². The largest absolute Gasteiger partial charge is 0.467 e. The number of carbonyl (C=O) groups is 2. The minimum Gasteiger partial charge on any atom is -0.467 e. The molecule has 0 aromatic carbocycles. The first-order chi connectivity index (χ1) is 8.30. The molecule has 0 rings (SSSR count). The third-order valence-corrected chi connectivity index (χ3v) is 1.78. The molecule has 0 aliphatic rings. The Bertz CT molecular complexity index is 273. The van der Waals surface area contributed by atoms with E-state index in [0.717, 1.165) is 0 Å². The number of esters is 1. The zero-order valence-corrected chi connectivity index (χ0v) is 11.4. The fourth-order valence-electron chi connectivity index (χ4n) is 1.09. The van der Waals surface area contributed by atoms with Gasteiger partial charge in [-0.15, -0.1) is 0 Å². The summed E-state index contributed by atoms with van der Waals surface area (Å²) in [5, 5.41) is 2.41. The van der Waals surface area contributed by atoms with Crippen LogP contribution in [0.15, 0.2) is 0 Å². The quantitative estimate of drug-likeness (QED) is 0.333. The van der Waals surface area contributed by atoms with E-state index in [4.69, 9.17) is 4.74 Å². The number of carbonyl (C=O) groups excluding carboxylic acids is 2. The summed E-state index contributed by atoms with van der Waals surface area (Å²) in [4.78, 5) is 32.0. The van der Waals surface area contributed by atoms with Crippen LogP contribution in [0.1, 0.15) is 27.2 Å². The van der Waals surface area contributed by atoms with Crippen LogP contribution in [-0.2, 0) is 24.0 Å². The molecule has 1 amide bonds. The number of ether oxygens (including phenoxy) is 2. The number of alkyl carbamates (subject to hydrolysis) is 1. The van der Waals surface area contributed by atoms with Gasteiger partial charge >= 0.3 is 12.1 Å². The fourth-order valence-corrected chi connectivity index (χ4v) is 1.09. The van der Waals surface area contributed by atoms with Gasteiger partial charge in [-0.25, -0.2) is 19.4 Å². The molecule has 0 aromatic rings. The van der Waals surface area contributed by atoms with E-state index in [-0.39, 0.29) is 13.0 Å². The van der Waals surface area contributed by atoms with E-state index < -0.39 is 23.7 Å². The van der Waals surface area contributed by atoms with Crippen LogP contribution in [0, 0.1) is 0 Å². The third kappa shape index (κ3) is 7.86. The molecule has 0 aliphatic heterocycles. The van der Waals surface area contributed by atoms with Gasteiger partial charge in [0, 0.05) is 6.42 Å². The molecule has 18 heavy (non-hydrogen) atoms. The second kappa shape index (κ2) is 7.88. The number of hydrogen-bond acceptors (Lipinski definition) is 6. The van der Waals surface area contributed by atoms with Gasteiger partial charge in [-0.1, -0.05) is 0 Å². The standard InChI is InChI=1S/C11H21NO6/c1-11(2,3)18-10(14)12-8(9(13)15-4)6-7-17-16-5/h8H,6-7H2,1-5H3,(H,12,14)/t8-/m0/s1. The summed E-state index contributed by atoms with van der Waals surface area (Å²) < 4.78 is 9.61. The van der Waals surface area contributed by atoms with Crippen molar-refractivity contribution in [1.29, 1.82) is 0 Å². The molecule has 0 unspecified atom stereocenters. The number of rotatable bonds is 6. The van der Waals surface area contributed by atoms with Gasteiger partial charge in [-0.2, -0.15) is 0 Å². The normalized spacial score (nSPS) is 12.7. The second-order valence-corrected chi connectivity index (χ2v) is 4.50. The van der Waals surface area contributed by atoms with E-state index in [1.807, 2.05) is 0 Å². The zero-order chi connectivity index (χ0) is 14.2. The lowest BCUT2D eigenvalue weighted by molar-refractivity contribution is -0.273. The Labute approximate surface area is 107 Å². The van der Waals surface area contributed by atoms with Crippen molar-refractivity contribution >= 4 is 12.1 Å². The highest BCUT2D eigenvalue weighted by atomic mass is 17.2. The van der Waals surface area contributed by atoms with E-state index in [2.05, 4.69) is 19.8 Å². The van der Waals surface area contributed by atoms with Gasteiger partial charge in [-0.05, 0) is 20.8 Å². The van der Waals surface area contributed by atoms with Crippen molar-refractivity contribution in [3.8, 4) is 0 Å². The first-order valence-corrected chi connectivity index (χ1v) is 5.53. The van der Waals surface area contributed by atoms with Crippen molar-refractivity contribution in [2.24, 2.45) is 0 Å². The molecular formula is C11H21NO6. The molecule has 0 bridgehead atoms. The lowest BCUT2D eigenvalue weighted by atomic mass is 10.2. The molecule has 0 spiro atoms. The fraction of sp³-hybridized carbons (Fsp3) is 0.818. The Morgan fingerprint density at radius 1 is 1.22 bits per heavy atom. The monoisotopic (exact) mass is 263 g/mol. The molecule has 0 aliphatic carbocycles. The van der Waals surface area contributed by atoms with E-state index >= 15 is 0 Å². The molecular weight excluding hydrogens is 242 g/mol. The van der Waals surface area contributed by atoms with E-state index in [1.165, 1.54) is 14.2 Å². The third-order valence-electron chi connectivity index (χ3n) is 1.78. The van der Waals surface area contributed by atoms with Crippen molar-refractivity contribution in [2.75, 3.05) is 20.8 Å². The molecule has 0 saturated heterocycles. The second-order valence-electron chi connectivity index (χ2n) is 4.50. The minimum absolute atomic E-state index is 0.145. The summed E-state index contributed by atoms with van der Waals surface area (Å²) in [6.07, 6.45) is -0.463. The molecule has 1 atom stereocenters. The Kier molecular flexibility index (Phi) is 7.30. The number of nitrogens with one attached hydrogen (secondary N) is 1. The van der Waals surface area contributed by atoms with Crippen molar-refractivity contribution in [3.05, 3.63) is 0 Å². The van der Waals surface area contributed by atoms with Crippen molar-refractivity contribution in [1.82, 2.24) is 5.32 Å². The highest BCUT2D eigenvalue weighted by Gasteiger charge is 2.24. The van der Waals surface area contributed by atoms with Crippen LogP contribution < -0.4 is 5.32 Å². The molecule has 0 fully saturated rings. The Balaban J connectivity index is 4.31. The van der Waals surface area contributed by atoms with Gasteiger partial charge in [0.1, 0.15) is 11.6 Å². The van der Waals surface area contributed by atoms with Crippen molar-refractivity contribution in [3.63, 3.8) is 0 Å². The van der Waals surface area contributed by atoms with Gasteiger partial charge in [0.15, 0.2) is 0 Å². The van der Waals surface area contributed by atoms with Crippen LogP contribution in [0.3, 0.4) is 0 Å². The molecule has 7 nitrogen and oxygen atoms in total. The first-order valence-electron chi connectivity index (χ1n) is 5.53. The lowest BCUT2D eigenvalue weighted by Crippen LogP contribution is -2.44. The maximum Gasteiger partial charge on any atom is 0.408 e. The summed E-state index contributed by atoms with van der Waals surface area (Å²) in [6.45, 7) is 5.33. The maximum absolute atomic E-state index is 11.5. The van der Waals surface area contributed by atoms with Crippen LogP contribution in [0.25, 0.3) is 0 Å². The van der Waals surface area contributed by atoms with Gasteiger partial charge < -0.3 is 14.8 Å². The minimum atomic E-state index is -0.833. The highest BCUT2D eigenvalue weighted by molar-refractivity contribution is 5.81. The summed E-state index contributed by atoms with van der Waals surface area (Å²) >= 11 is 0. The average molecular weight is 263 g/mol. The molecule has 0 saturated carbocycles. The number of amides is 1. The van der Waals surface area contributed by atoms with Crippen LogP contribution in [0.4, 0.5) is 4.79 Å². The highest BCUT2D eigenvalue weighted by Crippen LogP contribution is 2.07. The van der Waals surface area contributed by atoms with Gasteiger partial charge in [0.25, 0.3) is 0 Å². The predicted molar refractivity (Wildman–Crippen MR) is 62.8 cm³/mol. The van der Waals surface area contributed by atoms with Crippen LogP contribution in [0.5, 0.6) is 0 Å². The van der Waals surface area contributed by atoms with E-state index in [0.29, 0.717) is 0 Å². The lowest BCUT2D eigenvalue weighted by Gasteiger charge is -2.22. The van der Waals surface area contributed by atoms with E-state index in [9.17, 15) is 9.59 Å². The van der Waals surface area contributed by atoms with Crippen molar-refractivity contribution in [2.45, 2.75) is 38.8 Å². The number of hydrogen-bond donors (Lipinski definition) is 1. The predicted octanol–water partition coefficient (Wildman–Crippen LogP) is 1.02. The first kappa shape index (κ1) is 16.7. The van der Waals surface area contributed by atoms with E-state index in [1.54, 1.807) is 20.8 Å².